The van der Waals surface area contributed by atoms with Crippen LogP contribution in [0, 0.1) is 11.8 Å². The number of nitrogens with zero attached hydrogens (tertiary/aromatic N) is 2. The molecule has 204 valence electrons. The number of thioether (sulfide) groups is 1. The fourth-order valence-corrected chi connectivity index (χ4v) is 6.15. The van der Waals surface area contributed by atoms with E-state index in [1.54, 1.807) is 43.6 Å². The van der Waals surface area contributed by atoms with Crippen molar-refractivity contribution in [1.29, 1.82) is 0 Å². The monoisotopic (exact) mass is 550 g/mol. The number of piperidine rings is 1. The van der Waals surface area contributed by atoms with Crippen molar-refractivity contribution in [3.8, 4) is 5.75 Å². The number of fused-ring (bicyclic) bond motifs is 1. The highest BCUT2D eigenvalue weighted by molar-refractivity contribution is 7.99. The minimum atomic E-state index is -4.42. The maximum atomic E-state index is 15.4. The third-order valence-electron chi connectivity index (χ3n) is 7.13. The zero-order valence-electron chi connectivity index (χ0n) is 21.0. The van der Waals surface area contributed by atoms with E-state index in [1.807, 2.05) is 4.90 Å². The van der Waals surface area contributed by atoms with Gasteiger partial charge in [-0.25, -0.2) is 4.39 Å². The number of hydrogen-bond donors (Lipinski definition) is 1. The number of halogens is 4. The van der Waals surface area contributed by atoms with Crippen LogP contribution in [0.25, 0.3) is 10.9 Å². The van der Waals surface area contributed by atoms with Gasteiger partial charge in [0.05, 0.1) is 24.1 Å². The molecular formula is C28H30F4N2O3S. The average molecular weight is 551 g/mol. The first-order valence-corrected chi connectivity index (χ1v) is 13.5. The standard InChI is InChI=1S/C28H30F4N2O3S/c1-37-19-7-9-25-21(16-19)20(10-12-33-25)24(29)8-6-18-11-13-34(17-22(18)27(35)36)14-15-38-26-5-3-2-4-23(26)28(30,31)32/h2-5,7,9-10,12,16,18,22,24H,6,8,11,13-15,17H2,1H3,(H,35,36)/t18-,22+,24-/m1/s1. The van der Waals surface area contributed by atoms with E-state index in [4.69, 9.17) is 4.74 Å². The van der Waals surface area contributed by atoms with Gasteiger partial charge in [0.25, 0.3) is 0 Å². The summed E-state index contributed by atoms with van der Waals surface area (Å²) in [5.41, 5.74) is 0.515. The van der Waals surface area contributed by atoms with Crippen molar-refractivity contribution in [3.63, 3.8) is 0 Å². The molecule has 1 fully saturated rings. The lowest BCUT2D eigenvalue weighted by Gasteiger charge is -2.36. The fraction of sp³-hybridized carbons (Fsp3) is 0.429. The highest BCUT2D eigenvalue weighted by atomic mass is 32.2. The fourth-order valence-electron chi connectivity index (χ4n) is 5.07. The van der Waals surface area contributed by atoms with Gasteiger partial charge in [-0.2, -0.15) is 13.2 Å². The molecule has 1 aliphatic heterocycles. The van der Waals surface area contributed by atoms with E-state index in [9.17, 15) is 23.1 Å². The Balaban J connectivity index is 1.34. The largest absolute Gasteiger partial charge is 0.497 e. The number of benzene rings is 2. The van der Waals surface area contributed by atoms with Crippen LogP contribution in [-0.4, -0.2) is 53.5 Å². The summed E-state index contributed by atoms with van der Waals surface area (Å²) in [7, 11) is 1.54. The first-order chi connectivity index (χ1) is 18.2. The van der Waals surface area contributed by atoms with Crippen molar-refractivity contribution in [2.24, 2.45) is 11.8 Å². The van der Waals surface area contributed by atoms with Crippen molar-refractivity contribution in [3.05, 3.63) is 65.9 Å². The summed E-state index contributed by atoms with van der Waals surface area (Å²) < 4.78 is 60.4. The number of carbonyl (C=O) groups is 1. The summed E-state index contributed by atoms with van der Waals surface area (Å²) in [6, 6.07) is 12.4. The Bertz CT molecular complexity index is 1260. The highest BCUT2D eigenvalue weighted by Crippen LogP contribution is 2.38. The molecule has 0 aliphatic carbocycles. The molecule has 3 atom stereocenters. The molecule has 1 N–H and O–H groups in total. The number of hydrogen-bond acceptors (Lipinski definition) is 5. The van der Waals surface area contributed by atoms with Gasteiger partial charge in [-0.05, 0) is 73.7 Å². The van der Waals surface area contributed by atoms with E-state index in [0.29, 0.717) is 60.4 Å². The lowest BCUT2D eigenvalue weighted by molar-refractivity contribution is -0.146. The number of carboxylic acids is 1. The smallest absolute Gasteiger partial charge is 0.417 e. The predicted molar refractivity (Wildman–Crippen MR) is 139 cm³/mol. The Kier molecular flexibility index (Phi) is 9.15. The number of likely N-dealkylation sites (tertiary alicyclic amines) is 1. The number of pyridine rings is 1. The van der Waals surface area contributed by atoms with Crippen LogP contribution in [0.4, 0.5) is 17.6 Å². The van der Waals surface area contributed by atoms with Gasteiger partial charge in [0.2, 0.25) is 0 Å². The van der Waals surface area contributed by atoms with Gasteiger partial charge in [0, 0.05) is 35.3 Å². The second-order valence-electron chi connectivity index (χ2n) is 9.46. The van der Waals surface area contributed by atoms with Gasteiger partial charge in [0.15, 0.2) is 0 Å². The van der Waals surface area contributed by atoms with Crippen LogP contribution >= 0.6 is 11.8 Å². The Labute approximate surface area is 223 Å². The van der Waals surface area contributed by atoms with Gasteiger partial charge in [-0.15, -0.1) is 11.8 Å². The molecule has 0 saturated carbocycles. The summed E-state index contributed by atoms with van der Waals surface area (Å²) in [5.74, 6) is -0.738. The average Bonchev–Trinajstić information content (AvgIpc) is 2.91. The first kappa shape index (κ1) is 28.2. The molecule has 1 aromatic heterocycles. The van der Waals surface area contributed by atoms with E-state index >= 15 is 4.39 Å². The Hall–Kier alpha value is -2.85. The molecular weight excluding hydrogens is 520 g/mol. The SMILES string of the molecule is COc1ccc2nccc([C@H](F)CC[C@@H]3CCN(CCSc4ccccc4C(F)(F)F)C[C@@H]3C(=O)O)c2c1. The quantitative estimate of drug-likeness (QED) is 0.220. The van der Waals surface area contributed by atoms with Gasteiger partial charge in [-0.3, -0.25) is 9.78 Å². The topological polar surface area (TPSA) is 62.7 Å². The number of aromatic nitrogens is 1. The van der Waals surface area contributed by atoms with E-state index in [-0.39, 0.29) is 17.2 Å². The second kappa shape index (κ2) is 12.3. The molecule has 3 aromatic rings. The number of methoxy groups -OCH3 is 1. The minimum absolute atomic E-state index is 0.167. The summed E-state index contributed by atoms with van der Waals surface area (Å²) in [5, 5.41) is 10.5. The third kappa shape index (κ3) is 6.77. The van der Waals surface area contributed by atoms with E-state index in [2.05, 4.69) is 4.98 Å². The van der Waals surface area contributed by atoms with Crippen LogP contribution in [0.5, 0.6) is 5.75 Å². The molecule has 10 heteroatoms. The molecule has 0 bridgehead atoms. The molecule has 5 nitrogen and oxygen atoms in total. The van der Waals surface area contributed by atoms with Crippen molar-refractivity contribution in [1.82, 2.24) is 9.88 Å². The number of ether oxygens (including phenoxy) is 1. The van der Waals surface area contributed by atoms with Gasteiger partial charge in [-0.1, -0.05) is 12.1 Å². The first-order valence-electron chi connectivity index (χ1n) is 12.5. The van der Waals surface area contributed by atoms with E-state index in [0.717, 1.165) is 17.8 Å². The summed E-state index contributed by atoms with van der Waals surface area (Å²) >= 11 is 1.12. The van der Waals surface area contributed by atoms with E-state index < -0.39 is 29.8 Å². The number of carboxylic acid groups (broad SMARTS) is 1. The summed E-state index contributed by atoms with van der Waals surface area (Å²) in [6.45, 7) is 1.40. The molecule has 2 aromatic carbocycles. The van der Waals surface area contributed by atoms with Crippen molar-refractivity contribution < 1.29 is 32.2 Å². The van der Waals surface area contributed by atoms with Crippen molar-refractivity contribution in [2.75, 3.05) is 32.5 Å². The van der Waals surface area contributed by atoms with Crippen molar-refractivity contribution in [2.45, 2.75) is 36.5 Å². The Morgan fingerprint density at radius 1 is 1.24 bits per heavy atom. The summed E-state index contributed by atoms with van der Waals surface area (Å²) in [6.07, 6.45) is -2.91. The number of rotatable bonds is 10. The Morgan fingerprint density at radius 2 is 2.03 bits per heavy atom. The third-order valence-corrected chi connectivity index (χ3v) is 8.18. The zero-order chi connectivity index (χ0) is 27.3. The van der Waals surface area contributed by atoms with E-state index in [1.165, 1.54) is 12.1 Å². The normalized spacial score (nSPS) is 19.4. The zero-order valence-corrected chi connectivity index (χ0v) is 21.8. The molecule has 2 heterocycles. The number of aliphatic carboxylic acids is 1. The molecule has 4 rings (SSSR count). The Morgan fingerprint density at radius 3 is 2.76 bits per heavy atom. The van der Waals surface area contributed by atoms with Gasteiger partial charge >= 0.3 is 12.1 Å². The van der Waals surface area contributed by atoms with Gasteiger partial charge in [0.1, 0.15) is 11.9 Å². The highest BCUT2D eigenvalue weighted by Gasteiger charge is 2.35. The molecule has 0 spiro atoms. The lowest BCUT2D eigenvalue weighted by atomic mass is 9.81. The second-order valence-corrected chi connectivity index (χ2v) is 10.6. The summed E-state index contributed by atoms with van der Waals surface area (Å²) in [4.78, 5) is 18.5. The maximum absolute atomic E-state index is 15.4. The number of alkyl halides is 4. The molecule has 1 aliphatic rings. The molecule has 1 saturated heterocycles. The van der Waals surface area contributed by atoms with Crippen LogP contribution in [0.15, 0.2) is 59.6 Å². The molecule has 0 amide bonds. The van der Waals surface area contributed by atoms with Crippen molar-refractivity contribution >= 4 is 28.6 Å². The molecule has 0 radical (unpaired) electrons. The van der Waals surface area contributed by atoms with Crippen LogP contribution in [0.1, 0.15) is 36.6 Å². The van der Waals surface area contributed by atoms with Crippen LogP contribution in [0.2, 0.25) is 0 Å². The molecule has 0 unspecified atom stereocenters. The predicted octanol–water partition coefficient (Wildman–Crippen LogP) is 6.87. The minimum Gasteiger partial charge on any atom is -0.497 e. The molecule has 38 heavy (non-hydrogen) atoms. The van der Waals surface area contributed by atoms with Crippen LogP contribution in [0.3, 0.4) is 0 Å². The lowest BCUT2D eigenvalue weighted by Crippen LogP contribution is -2.44. The van der Waals surface area contributed by atoms with Crippen LogP contribution < -0.4 is 4.74 Å². The van der Waals surface area contributed by atoms with Gasteiger partial charge < -0.3 is 14.7 Å². The van der Waals surface area contributed by atoms with Crippen LogP contribution in [-0.2, 0) is 11.0 Å². The maximum Gasteiger partial charge on any atom is 0.417 e.